The van der Waals surface area contributed by atoms with Crippen molar-refractivity contribution in [1.82, 2.24) is 5.32 Å². The third kappa shape index (κ3) is 4.86. The highest BCUT2D eigenvalue weighted by Gasteiger charge is 2.23. The number of carbonyl (C=O) groups excluding carboxylic acids is 1. The van der Waals surface area contributed by atoms with Gasteiger partial charge in [0.05, 0.1) is 0 Å². The second kappa shape index (κ2) is 7.53. The number of hydrogen-bond acceptors (Lipinski definition) is 3. The summed E-state index contributed by atoms with van der Waals surface area (Å²) in [6.07, 6.45) is 13.6. The number of ether oxygens (including phenoxy) is 1. The summed E-state index contributed by atoms with van der Waals surface area (Å²) >= 11 is 0. The molecule has 1 fully saturated rings. The Hall–Kier alpha value is -1.03. The Morgan fingerprint density at radius 2 is 1.89 bits per heavy atom. The molecule has 2 rings (SSSR count). The monoisotopic (exact) mass is 266 g/mol. The number of nitrogens with one attached hydrogen (secondary N) is 1. The van der Waals surface area contributed by atoms with Gasteiger partial charge in [0.15, 0.2) is 0 Å². The number of allylic oxidation sites excluding steroid dienone is 1. The summed E-state index contributed by atoms with van der Waals surface area (Å²) in [6, 6.07) is 0.134. The lowest BCUT2D eigenvalue weighted by molar-refractivity contribution is 0.106. The number of amides is 1. The minimum absolute atomic E-state index is 0.0569. The van der Waals surface area contributed by atoms with E-state index in [0.717, 1.165) is 38.5 Å². The van der Waals surface area contributed by atoms with E-state index in [-0.39, 0.29) is 24.3 Å². The van der Waals surface area contributed by atoms with Gasteiger partial charge in [0.25, 0.3) is 0 Å². The van der Waals surface area contributed by atoms with Crippen LogP contribution in [0, 0.1) is 0 Å². The summed E-state index contributed by atoms with van der Waals surface area (Å²) in [5.74, 6) is 0. The number of rotatable bonds is 2. The first kappa shape index (κ1) is 14.4. The van der Waals surface area contributed by atoms with Gasteiger partial charge >= 0.3 is 6.09 Å². The van der Waals surface area contributed by atoms with E-state index in [9.17, 15) is 4.79 Å². The lowest BCUT2D eigenvalue weighted by atomic mass is 9.93. The molecule has 0 aromatic heterocycles. The van der Waals surface area contributed by atoms with E-state index in [0.29, 0.717) is 0 Å². The summed E-state index contributed by atoms with van der Waals surface area (Å²) in [4.78, 5) is 11.9. The van der Waals surface area contributed by atoms with Gasteiger partial charge in [0, 0.05) is 12.1 Å². The Labute approximate surface area is 115 Å². The molecule has 0 radical (unpaired) electrons. The van der Waals surface area contributed by atoms with Gasteiger partial charge in [-0.1, -0.05) is 31.8 Å². The van der Waals surface area contributed by atoms with Gasteiger partial charge in [-0.15, -0.1) is 0 Å². The molecule has 0 aliphatic heterocycles. The van der Waals surface area contributed by atoms with E-state index in [4.69, 9.17) is 10.5 Å². The molecule has 1 saturated carbocycles. The van der Waals surface area contributed by atoms with Crippen molar-refractivity contribution in [3.05, 3.63) is 12.2 Å². The lowest BCUT2D eigenvalue weighted by Gasteiger charge is -2.27. The van der Waals surface area contributed by atoms with Gasteiger partial charge in [0.1, 0.15) is 6.10 Å². The van der Waals surface area contributed by atoms with Gasteiger partial charge in [-0.2, -0.15) is 0 Å². The number of nitrogens with two attached hydrogens (primary N) is 1. The Kier molecular flexibility index (Phi) is 5.70. The molecule has 2 aliphatic carbocycles. The molecule has 0 aromatic rings. The Balaban J connectivity index is 1.78. The molecular weight excluding hydrogens is 240 g/mol. The number of hydrogen-bond donors (Lipinski definition) is 2. The van der Waals surface area contributed by atoms with Crippen molar-refractivity contribution >= 4 is 6.09 Å². The molecule has 1 amide bonds. The molecule has 0 spiro atoms. The summed E-state index contributed by atoms with van der Waals surface area (Å²) < 4.78 is 5.42. The fourth-order valence-corrected chi connectivity index (χ4v) is 2.89. The number of carbonyl (C=O) groups is 1. The molecule has 4 nitrogen and oxygen atoms in total. The van der Waals surface area contributed by atoms with Crippen LogP contribution in [0.2, 0.25) is 0 Å². The third-order valence-electron chi connectivity index (χ3n) is 4.09. The van der Waals surface area contributed by atoms with Gasteiger partial charge in [-0.3, -0.25) is 0 Å². The zero-order valence-electron chi connectivity index (χ0n) is 11.6. The van der Waals surface area contributed by atoms with E-state index in [1.54, 1.807) is 0 Å². The van der Waals surface area contributed by atoms with Crippen molar-refractivity contribution < 1.29 is 9.53 Å². The highest BCUT2D eigenvalue weighted by Crippen LogP contribution is 2.18. The molecule has 2 aliphatic rings. The first-order valence-corrected chi connectivity index (χ1v) is 7.65. The molecule has 4 heteroatoms. The third-order valence-corrected chi connectivity index (χ3v) is 4.09. The van der Waals surface area contributed by atoms with Gasteiger partial charge in [0.2, 0.25) is 0 Å². The van der Waals surface area contributed by atoms with Crippen LogP contribution in [0.1, 0.15) is 57.8 Å². The first-order chi connectivity index (χ1) is 9.25. The molecule has 108 valence electrons. The molecule has 3 N–H and O–H groups in total. The van der Waals surface area contributed by atoms with Crippen LogP contribution in [-0.4, -0.2) is 24.3 Å². The largest absolute Gasteiger partial charge is 0.442 e. The Morgan fingerprint density at radius 3 is 2.63 bits per heavy atom. The molecule has 3 atom stereocenters. The van der Waals surface area contributed by atoms with Crippen LogP contribution in [0.25, 0.3) is 0 Å². The standard InChI is InChI=1S/C15H26N2O2/c16-13-10-6-1-2-7-11-14(13)17-15(18)19-12-8-4-3-5-9-12/h4,8,12-14H,1-3,5-7,9-11,16H2,(H,17,18)/t12-,13?,14?/m0/s1. The average Bonchev–Trinajstić information content (AvgIpc) is 2.40. The second-order valence-electron chi connectivity index (χ2n) is 5.71. The molecule has 0 saturated heterocycles. The van der Waals surface area contributed by atoms with Gasteiger partial charge in [-0.25, -0.2) is 4.79 Å². The molecular formula is C15H26N2O2. The zero-order valence-corrected chi connectivity index (χ0v) is 11.6. The van der Waals surface area contributed by atoms with E-state index in [1.807, 2.05) is 6.08 Å². The Morgan fingerprint density at radius 1 is 1.11 bits per heavy atom. The fraction of sp³-hybridized carbons (Fsp3) is 0.800. The Bertz CT molecular complexity index is 317. The van der Waals surface area contributed by atoms with E-state index in [1.165, 1.54) is 19.3 Å². The summed E-state index contributed by atoms with van der Waals surface area (Å²) in [6.45, 7) is 0. The topological polar surface area (TPSA) is 64.3 Å². The minimum atomic E-state index is -0.308. The maximum Gasteiger partial charge on any atom is 0.407 e. The number of alkyl carbamates (subject to hydrolysis) is 1. The normalized spacial score (nSPS) is 32.2. The smallest absolute Gasteiger partial charge is 0.407 e. The predicted molar refractivity (Wildman–Crippen MR) is 75.9 cm³/mol. The van der Waals surface area contributed by atoms with Crippen molar-refractivity contribution in [3.8, 4) is 0 Å². The second-order valence-corrected chi connectivity index (χ2v) is 5.71. The van der Waals surface area contributed by atoms with Crippen LogP contribution in [0.15, 0.2) is 12.2 Å². The van der Waals surface area contributed by atoms with Crippen molar-refractivity contribution in [2.24, 2.45) is 5.73 Å². The average molecular weight is 266 g/mol. The van der Waals surface area contributed by atoms with Crippen LogP contribution in [0.5, 0.6) is 0 Å². The van der Waals surface area contributed by atoms with E-state index in [2.05, 4.69) is 11.4 Å². The van der Waals surface area contributed by atoms with Crippen molar-refractivity contribution in [2.75, 3.05) is 0 Å². The van der Waals surface area contributed by atoms with Crippen LogP contribution < -0.4 is 11.1 Å². The SMILES string of the molecule is NC1CCCCCCC1NC(=O)O[C@H]1C=CCCC1. The van der Waals surface area contributed by atoms with Crippen LogP contribution >= 0.6 is 0 Å². The predicted octanol–water partition coefficient (Wildman–Crippen LogP) is 2.87. The van der Waals surface area contributed by atoms with Crippen LogP contribution in [0.4, 0.5) is 4.79 Å². The highest BCUT2D eigenvalue weighted by molar-refractivity contribution is 5.68. The zero-order chi connectivity index (χ0) is 13.5. The van der Waals surface area contributed by atoms with Crippen LogP contribution in [0.3, 0.4) is 0 Å². The van der Waals surface area contributed by atoms with Crippen molar-refractivity contribution in [1.29, 1.82) is 0 Å². The molecule has 2 unspecified atom stereocenters. The minimum Gasteiger partial charge on any atom is -0.442 e. The fourth-order valence-electron chi connectivity index (χ4n) is 2.89. The molecule has 0 heterocycles. The van der Waals surface area contributed by atoms with Crippen molar-refractivity contribution in [2.45, 2.75) is 76.0 Å². The van der Waals surface area contributed by atoms with Crippen LogP contribution in [-0.2, 0) is 4.74 Å². The maximum absolute atomic E-state index is 11.9. The van der Waals surface area contributed by atoms with Gasteiger partial charge < -0.3 is 15.8 Å². The summed E-state index contributed by atoms with van der Waals surface area (Å²) in [5.41, 5.74) is 6.15. The lowest BCUT2D eigenvalue weighted by Crippen LogP contribution is -2.48. The first-order valence-electron chi connectivity index (χ1n) is 7.65. The van der Waals surface area contributed by atoms with E-state index >= 15 is 0 Å². The van der Waals surface area contributed by atoms with E-state index < -0.39 is 0 Å². The molecule has 0 bridgehead atoms. The highest BCUT2D eigenvalue weighted by atomic mass is 16.6. The quantitative estimate of drug-likeness (QED) is 0.755. The maximum atomic E-state index is 11.9. The molecule has 19 heavy (non-hydrogen) atoms. The van der Waals surface area contributed by atoms with Crippen molar-refractivity contribution in [3.63, 3.8) is 0 Å². The summed E-state index contributed by atoms with van der Waals surface area (Å²) in [7, 11) is 0. The molecule has 0 aromatic carbocycles. The van der Waals surface area contributed by atoms with Gasteiger partial charge in [-0.05, 0) is 38.2 Å². The summed E-state index contributed by atoms with van der Waals surface area (Å²) in [5, 5.41) is 2.96.